The van der Waals surface area contributed by atoms with E-state index in [4.69, 9.17) is 9.47 Å². The first-order chi connectivity index (χ1) is 41.7. The fraction of sp³-hybridized carbons (Fsp3) is 0.0370. The van der Waals surface area contributed by atoms with E-state index in [1.165, 1.54) is 94.6 Å². The van der Waals surface area contributed by atoms with Crippen LogP contribution in [0.15, 0.2) is 297 Å². The van der Waals surface area contributed by atoms with Gasteiger partial charge in [-0.05, 0) is 138 Å². The van der Waals surface area contributed by atoms with Gasteiger partial charge in [0, 0.05) is 39.1 Å². The van der Waals surface area contributed by atoms with E-state index in [9.17, 15) is 0 Å². The molecule has 0 amide bonds. The number of hydrogen-bond donors (Lipinski definition) is 0. The van der Waals surface area contributed by atoms with Gasteiger partial charge < -0.3 is 14.4 Å². The smallest absolute Gasteiger partial charge is 0.132 e. The first-order valence-corrected chi connectivity index (χ1v) is 29.2. The predicted octanol–water partition coefficient (Wildman–Crippen LogP) is 20.1. The Bertz CT molecular complexity index is 4870. The van der Waals surface area contributed by atoms with Gasteiger partial charge >= 0.3 is 0 Å². The second-order valence-corrected chi connectivity index (χ2v) is 23.2. The van der Waals surface area contributed by atoms with E-state index in [-0.39, 0.29) is 0 Å². The number of nitrogens with zero attached hydrogens (tertiary/aromatic N) is 1. The molecule has 13 aromatic rings. The zero-order valence-electron chi connectivity index (χ0n) is 45.6. The van der Waals surface area contributed by atoms with Gasteiger partial charge in [0.25, 0.3) is 0 Å². The summed E-state index contributed by atoms with van der Waals surface area (Å²) in [7, 11) is 0. The molecule has 3 nitrogen and oxygen atoms in total. The van der Waals surface area contributed by atoms with Crippen LogP contribution in [0.5, 0.6) is 23.0 Å². The summed E-state index contributed by atoms with van der Waals surface area (Å²) in [5.74, 6) is 3.54. The van der Waals surface area contributed by atoms with E-state index in [1.54, 1.807) is 0 Å². The number of anilines is 3. The lowest BCUT2D eigenvalue weighted by Crippen LogP contribution is -2.32. The summed E-state index contributed by atoms with van der Waals surface area (Å²) >= 11 is 0. The van der Waals surface area contributed by atoms with E-state index < -0.39 is 16.2 Å². The Kier molecular flexibility index (Phi) is 9.13. The summed E-state index contributed by atoms with van der Waals surface area (Å²) in [6.07, 6.45) is 0. The summed E-state index contributed by atoms with van der Waals surface area (Å²) in [5.41, 5.74) is 28.8. The zero-order chi connectivity index (χ0) is 54.9. The molecule has 4 aliphatic carbocycles. The molecule has 3 heteroatoms. The van der Waals surface area contributed by atoms with Gasteiger partial charge in [-0.2, -0.15) is 0 Å². The van der Waals surface area contributed by atoms with Crippen LogP contribution in [0.3, 0.4) is 0 Å². The Balaban J connectivity index is 0.874. The molecule has 390 valence electrons. The van der Waals surface area contributed by atoms with Crippen LogP contribution >= 0.6 is 0 Å². The summed E-state index contributed by atoms with van der Waals surface area (Å²) in [6.45, 7) is 0. The highest BCUT2D eigenvalue weighted by Crippen LogP contribution is 2.68. The molecule has 0 aromatic heterocycles. The minimum atomic E-state index is -0.651. The molecule has 0 fully saturated rings. The molecule has 0 saturated carbocycles. The molecule has 0 unspecified atom stereocenters. The van der Waals surface area contributed by atoms with Crippen LogP contribution in [0.4, 0.5) is 17.1 Å². The van der Waals surface area contributed by atoms with Gasteiger partial charge in [-0.3, -0.25) is 0 Å². The van der Waals surface area contributed by atoms with E-state index in [0.717, 1.165) is 67.9 Å². The van der Waals surface area contributed by atoms with Crippen LogP contribution in [-0.2, 0) is 16.2 Å². The van der Waals surface area contributed by atoms with E-state index >= 15 is 0 Å². The topological polar surface area (TPSA) is 21.7 Å². The predicted molar refractivity (Wildman–Crippen MR) is 338 cm³/mol. The van der Waals surface area contributed by atoms with Crippen molar-refractivity contribution >= 4 is 17.1 Å². The van der Waals surface area contributed by atoms with Crippen LogP contribution in [0.2, 0.25) is 0 Å². The molecule has 2 aliphatic heterocycles. The van der Waals surface area contributed by atoms with Gasteiger partial charge in [0.05, 0.1) is 27.6 Å². The quantitative estimate of drug-likeness (QED) is 0.175. The minimum absolute atomic E-state index is 0.526. The molecule has 0 bridgehead atoms. The number of para-hydroxylation sites is 4. The molecule has 84 heavy (non-hydrogen) atoms. The first kappa shape index (κ1) is 45.9. The van der Waals surface area contributed by atoms with Gasteiger partial charge in [-0.1, -0.05) is 249 Å². The Morgan fingerprint density at radius 2 is 0.476 bits per heavy atom. The van der Waals surface area contributed by atoms with Crippen LogP contribution in [0.1, 0.15) is 66.8 Å². The van der Waals surface area contributed by atoms with Crippen molar-refractivity contribution < 1.29 is 9.47 Å². The SMILES string of the molecule is c1ccc2c(c1)Oc1ccccc1C21c2ccccc2-c2c(-c3ccc(N(c4cccc5c4-c4ccccc4C54c5ccccc5Oc5ccccc54)c4cccc5c4-c4ccccc4C54c5ccccc5-c5ccccc54)cc3)cccc21. The highest BCUT2D eigenvalue weighted by atomic mass is 16.5. The van der Waals surface area contributed by atoms with E-state index in [0.29, 0.717) is 0 Å². The molecular formula is C81H49NO2. The van der Waals surface area contributed by atoms with Crippen LogP contribution < -0.4 is 14.4 Å². The fourth-order valence-electron chi connectivity index (χ4n) is 16.7. The summed E-state index contributed by atoms with van der Waals surface area (Å²) in [4.78, 5) is 2.59. The number of fused-ring (bicyclic) bond motifs is 28. The zero-order valence-corrected chi connectivity index (χ0v) is 45.6. The highest BCUT2D eigenvalue weighted by molar-refractivity contribution is 6.05. The standard InChI is InChI=1S/C81H49NO2/c1-6-28-58-53(22-1)54-23-2-7-29-59(54)79(58)61-31-9-4-25-56(61)77-68(79)38-20-40-70(77)82(71-41-21-39-69-78(71)57-26-5-10-32-62(57)81(69)65-35-13-17-44-74(65)84-75-45-18-14-36-66(75)81)51-48-46-50(47-49-51)52-27-19-37-67-76(52)55-24-3-8-30-60(55)80(67)63-33-11-15-42-72(63)83-73-43-16-12-34-64(73)80/h1-49H. The molecule has 2 heterocycles. The van der Waals surface area contributed by atoms with Crippen molar-refractivity contribution in [1.29, 1.82) is 0 Å². The lowest BCUT2D eigenvalue weighted by Gasteiger charge is -2.39. The average molecular weight is 1070 g/mol. The third-order valence-corrected chi connectivity index (χ3v) is 19.6. The van der Waals surface area contributed by atoms with Crippen molar-refractivity contribution in [3.63, 3.8) is 0 Å². The highest BCUT2D eigenvalue weighted by Gasteiger charge is 2.55. The Hall–Kier alpha value is -10.7. The third kappa shape index (κ3) is 5.53. The second-order valence-electron chi connectivity index (χ2n) is 23.2. The van der Waals surface area contributed by atoms with Crippen LogP contribution in [-0.4, -0.2) is 0 Å². The van der Waals surface area contributed by atoms with Crippen molar-refractivity contribution in [3.05, 3.63) is 364 Å². The number of benzene rings is 13. The normalized spacial score (nSPS) is 14.9. The molecule has 13 aromatic carbocycles. The van der Waals surface area contributed by atoms with Crippen molar-refractivity contribution in [2.24, 2.45) is 0 Å². The maximum atomic E-state index is 6.83. The van der Waals surface area contributed by atoms with Gasteiger partial charge in [0.2, 0.25) is 0 Å². The van der Waals surface area contributed by atoms with Crippen LogP contribution in [0, 0.1) is 0 Å². The van der Waals surface area contributed by atoms with Crippen molar-refractivity contribution in [3.8, 4) is 78.6 Å². The Labute approximate surface area is 487 Å². The molecule has 6 aliphatic rings. The number of rotatable bonds is 4. The number of hydrogen-bond acceptors (Lipinski definition) is 3. The third-order valence-electron chi connectivity index (χ3n) is 19.6. The Morgan fingerprint density at radius 1 is 0.202 bits per heavy atom. The van der Waals surface area contributed by atoms with E-state index in [1.807, 2.05) is 0 Å². The summed E-state index contributed by atoms with van der Waals surface area (Å²) in [5, 5.41) is 0. The molecule has 0 N–H and O–H groups in total. The molecule has 3 spiro atoms. The van der Waals surface area contributed by atoms with E-state index in [2.05, 4.69) is 302 Å². The maximum Gasteiger partial charge on any atom is 0.132 e. The van der Waals surface area contributed by atoms with Crippen molar-refractivity contribution in [2.45, 2.75) is 16.2 Å². The number of ether oxygens (including phenoxy) is 2. The summed E-state index contributed by atoms with van der Waals surface area (Å²) in [6, 6.07) is 111. The lowest BCUT2D eigenvalue weighted by molar-refractivity contribution is 0.436. The molecule has 0 radical (unpaired) electrons. The van der Waals surface area contributed by atoms with Gasteiger partial charge in [-0.25, -0.2) is 0 Å². The minimum Gasteiger partial charge on any atom is -0.457 e. The van der Waals surface area contributed by atoms with Gasteiger partial charge in [0.15, 0.2) is 0 Å². The van der Waals surface area contributed by atoms with Gasteiger partial charge in [-0.15, -0.1) is 0 Å². The molecule has 0 atom stereocenters. The van der Waals surface area contributed by atoms with Crippen molar-refractivity contribution in [2.75, 3.05) is 4.90 Å². The largest absolute Gasteiger partial charge is 0.457 e. The molecule has 19 rings (SSSR count). The van der Waals surface area contributed by atoms with Crippen LogP contribution in [0.25, 0.3) is 55.6 Å². The second kappa shape index (κ2) is 16.7. The fourth-order valence-corrected chi connectivity index (χ4v) is 16.7. The first-order valence-electron chi connectivity index (χ1n) is 29.2. The maximum absolute atomic E-state index is 6.83. The average Bonchev–Trinajstić information content (AvgIpc) is 2.70. The van der Waals surface area contributed by atoms with Gasteiger partial charge in [0.1, 0.15) is 23.0 Å². The Morgan fingerprint density at radius 3 is 0.881 bits per heavy atom. The molecular weight excluding hydrogens is 1020 g/mol. The molecule has 0 saturated heterocycles. The monoisotopic (exact) mass is 1070 g/mol. The lowest BCUT2D eigenvalue weighted by atomic mass is 9.66. The summed E-state index contributed by atoms with van der Waals surface area (Å²) < 4.78 is 13.6. The van der Waals surface area contributed by atoms with Crippen molar-refractivity contribution in [1.82, 2.24) is 0 Å².